The van der Waals surface area contributed by atoms with Crippen molar-refractivity contribution in [3.8, 4) is 0 Å². The SMILES string of the molecule is Nc1ccc2c(Nc3ccc(F)cc3Cl)ccnc2c1. The summed E-state index contributed by atoms with van der Waals surface area (Å²) in [4.78, 5) is 4.27. The molecule has 3 rings (SSSR count). The van der Waals surface area contributed by atoms with E-state index in [4.69, 9.17) is 17.3 Å². The van der Waals surface area contributed by atoms with E-state index < -0.39 is 0 Å². The molecule has 0 aliphatic heterocycles. The van der Waals surface area contributed by atoms with Crippen LogP contribution in [0.3, 0.4) is 0 Å². The molecular formula is C15H11ClFN3. The summed E-state index contributed by atoms with van der Waals surface area (Å²) < 4.78 is 13.0. The number of aromatic nitrogens is 1. The van der Waals surface area contributed by atoms with Gasteiger partial charge < -0.3 is 11.1 Å². The van der Waals surface area contributed by atoms with E-state index in [-0.39, 0.29) is 5.82 Å². The number of rotatable bonds is 2. The van der Waals surface area contributed by atoms with Gasteiger partial charge in [0.25, 0.3) is 0 Å². The summed E-state index contributed by atoms with van der Waals surface area (Å²) in [5.74, 6) is -0.368. The van der Waals surface area contributed by atoms with E-state index >= 15 is 0 Å². The highest BCUT2D eigenvalue weighted by atomic mass is 35.5. The summed E-state index contributed by atoms with van der Waals surface area (Å²) in [6.07, 6.45) is 1.68. The highest BCUT2D eigenvalue weighted by Crippen LogP contribution is 2.30. The second-order valence-electron chi connectivity index (χ2n) is 4.38. The Balaban J connectivity index is 2.06. The fourth-order valence-electron chi connectivity index (χ4n) is 2.01. The average Bonchev–Trinajstić information content (AvgIpc) is 2.41. The summed E-state index contributed by atoms with van der Waals surface area (Å²) in [6.45, 7) is 0. The van der Waals surface area contributed by atoms with Crippen LogP contribution in [0.15, 0.2) is 48.7 Å². The number of pyridine rings is 1. The zero-order valence-electron chi connectivity index (χ0n) is 10.4. The van der Waals surface area contributed by atoms with Crippen molar-refractivity contribution >= 4 is 39.6 Å². The Kier molecular flexibility index (Phi) is 3.16. The zero-order valence-corrected chi connectivity index (χ0v) is 11.2. The molecule has 0 saturated carbocycles. The van der Waals surface area contributed by atoms with E-state index in [9.17, 15) is 4.39 Å². The van der Waals surface area contributed by atoms with Crippen molar-refractivity contribution in [2.75, 3.05) is 11.1 Å². The molecule has 0 amide bonds. The van der Waals surface area contributed by atoms with Crippen molar-refractivity contribution in [1.82, 2.24) is 4.98 Å². The largest absolute Gasteiger partial charge is 0.399 e. The molecular weight excluding hydrogens is 277 g/mol. The van der Waals surface area contributed by atoms with Crippen LogP contribution in [0.1, 0.15) is 0 Å². The third kappa shape index (κ3) is 2.38. The van der Waals surface area contributed by atoms with E-state index in [1.165, 1.54) is 12.1 Å². The maximum Gasteiger partial charge on any atom is 0.124 e. The molecule has 0 spiro atoms. The topological polar surface area (TPSA) is 50.9 Å². The maximum absolute atomic E-state index is 13.0. The van der Waals surface area contributed by atoms with Gasteiger partial charge in [0.2, 0.25) is 0 Å². The first-order valence-corrected chi connectivity index (χ1v) is 6.37. The normalized spacial score (nSPS) is 10.7. The van der Waals surface area contributed by atoms with E-state index in [1.54, 1.807) is 18.3 Å². The van der Waals surface area contributed by atoms with E-state index in [1.807, 2.05) is 18.2 Å². The number of hydrogen-bond donors (Lipinski definition) is 2. The number of nitrogens with one attached hydrogen (secondary N) is 1. The molecule has 0 fully saturated rings. The molecule has 1 heterocycles. The molecule has 1 aromatic heterocycles. The Morgan fingerprint density at radius 3 is 2.70 bits per heavy atom. The molecule has 0 radical (unpaired) electrons. The minimum atomic E-state index is -0.368. The molecule has 0 aliphatic rings. The van der Waals surface area contributed by atoms with Gasteiger partial charge in [-0.05, 0) is 42.5 Å². The molecule has 0 bridgehead atoms. The van der Waals surface area contributed by atoms with E-state index in [0.717, 1.165) is 16.6 Å². The summed E-state index contributed by atoms with van der Waals surface area (Å²) >= 11 is 6.02. The fraction of sp³-hybridized carbons (Fsp3) is 0. The lowest BCUT2D eigenvalue weighted by molar-refractivity contribution is 0.628. The molecule has 3 N–H and O–H groups in total. The van der Waals surface area contributed by atoms with Gasteiger partial charge in [0.15, 0.2) is 0 Å². The van der Waals surface area contributed by atoms with Crippen molar-refractivity contribution in [3.05, 3.63) is 59.5 Å². The number of nitrogen functional groups attached to an aromatic ring is 1. The van der Waals surface area contributed by atoms with Crippen LogP contribution in [0.4, 0.5) is 21.5 Å². The first kappa shape index (κ1) is 12.7. The Labute approximate surface area is 120 Å². The lowest BCUT2D eigenvalue weighted by atomic mass is 10.1. The van der Waals surface area contributed by atoms with Gasteiger partial charge in [-0.1, -0.05) is 11.6 Å². The second kappa shape index (κ2) is 4.98. The minimum Gasteiger partial charge on any atom is -0.399 e. The Morgan fingerprint density at radius 1 is 1.05 bits per heavy atom. The number of nitrogens with zero attached hydrogens (tertiary/aromatic N) is 1. The van der Waals surface area contributed by atoms with Crippen LogP contribution in [-0.4, -0.2) is 4.98 Å². The zero-order chi connectivity index (χ0) is 14.1. The molecule has 20 heavy (non-hydrogen) atoms. The van der Waals surface area contributed by atoms with Crippen molar-refractivity contribution < 1.29 is 4.39 Å². The quantitative estimate of drug-likeness (QED) is 0.689. The van der Waals surface area contributed by atoms with Crippen LogP contribution in [0.5, 0.6) is 0 Å². The summed E-state index contributed by atoms with van der Waals surface area (Å²) in [6, 6.07) is 11.5. The number of halogens is 2. The monoisotopic (exact) mass is 287 g/mol. The summed E-state index contributed by atoms with van der Waals surface area (Å²) in [5.41, 5.74) is 8.66. The lowest BCUT2D eigenvalue weighted by Gasteiger charge is -2.11. The van der Waals surface area contributed by atoms with Crippen molar-refractivity contribution in [2.24, 2.45) is 0 Å². The van der Waals surface area contributed by atoms with Crippen molar-refractivity contribution in [1.29, 1.82) is 0 Å². The highest BCUT2D eigenvalue weighted by molar-refractivity contribution is 6.33. The van der Waals surface area contributed by atoms with Crippen molar-refractivity contribution in [3.63, 3.8) is 0 Å². The molecule has 100 valence electrons. The van der Waals surface area contributed by atoms with Crippen LogP contribution in [-0.2, 0) is 0 Å². The number of fused-ring (bicyclic) bond motifs is 1. The Hall–Kier alpha value is -2.33. The van der Waals surface area contributed by atoms with Gasteiger partial charge in [-0.3, -0.25) is 4.98 Å². The van der Waals surface area contributed by atoms with Gasteiger partial charge in [0, 0.05) is 23.0 Å². The molecule has 3 aromatic rings. The van der Waals surface area contributed by atoms with Gasteiger partial charge >= 0.3 is 0 Å². The first-order chi connectivity index (χ1) is 9.63. The summed E-state index contributed by atoms with van der Waals surface area (Å²) in [7, 11) is 0. The number of anilines is 3. The number of hydrogen-bond acceptors (Lipinski definition) is 3. The van der Waals surface area contributed by atoms with Crippen molar-refractivity contribution in [2.45, 2.75) is 0 Å². The fourth-order valence-corrected chi connectivity index (χ4v) is 2.22. The van der Waals surface area contributed by atoms with Crippen LogP contribution < -0.4 is 11.1 Å². The smallest absolute Gasteiger partial charge is 0.124 e. The minimum absolute atomic E-state index is 0.324. The third-order valence-corrected chi connectivity index (χ3v) is 3.28. The molecule has 0 aliphatic carbocycles. The van der Waals surface area contributed by atoms with Crippen LogP contribution in [0.25, 0.3) is 10.9 Å². The van der Waals surface area contributed by atoms with Gasteiger partial charge in [-0.25, -0.2) is 4.39 Å². The molecule has 0 atom stereocenters. The number of nitrogens with two attached hydrogens (primary N) is 1. The van der Waals surface area contributed by atoms with Gasteiger partial charge in [-0.2, -0.15) is 0 Å². The lowest BCUT2D eigenvalue weighted by Crippen LogP contribution is -1.94. The predicted molar refractivity (Wildman–Crippen MR) is 80.8 cm³/mol. The highest BCUT2D eigenvalue weighted by Gasteiger charge is 2.06. The Bertz CT molecular complexity index is 789. The van der Waals surface area contributed by atoms with Crippen LogP contribution in [0.2, 0.25) is 5.02 Å². The first-order valence-electron chi connectivity index (χ1n) is 6.00. The standard InChI is InChI=1S/C15H11ClFN3/c16-12-7-9(17)1-4-14(12)20-13-5-6-19-15-8-10(18)2-3-11(13)15/h1-8H,18H2,(H,19,20). The molecule has 2 aromatic carbocycles. The predicted octanol–water partition coefficient (Wildman–Crippen LogP) is 4.35. The van der Waals surface area contributed by atoms with Gasteiger partial charge in [0.1, 0.15) is 5.82 Å². The van der Waals surface area contributed by atoms with Crippen LogP contribution >= 0.6 is 11.6 Å². The molecule has 0 unspecified atom stereocenters. The summed E-state index contributed by atoms with van der Waals surface area (Å²) in [5, 5.41) is 4.43. The number of benzene rings is 2. The molecule has 5 heteroatoms. The molecule has 3 nitrogen and oxygen atoms in total. The second-order valence-corrected chi connectivity index (χ2v) is 4.79. The maximum atomic E-state index is 13.0. The van der Waals surface area contributed by atoms with E-state index in [2.05, 4.69) is 10.3 Å². The third-order valence-electron chi connectivity index (χ3n) is 2.97. The van der Waals surface area contributed by atoms with Gasteiger partial charge in [-0.15, -0.1) is 0 Å². The molecule has 0 saturated heterocycles. The van der Waals surface area contributed by atoms with Crippen LogP contribution in [0, 0.1) is 5.82 Å². The Morgan fingerprint density at radius 2 is 1.90 bits per heavy atom. The van der Waals surface area contributed by atoms with Gasteiger partial charge in [0.05, 0.1) is 16.2 Å². The average molecular weight is 288 g/mol. The van der Waals surface area contributed by atoms with E-state index in [0.29, 0.717) is 16.4 Å².